The highest BCUT2D eigenvalue weighted by Gasteiger charge is 2.34. The molecule has 0 aromatic rings. The number of nitrogens with two attached hydrogens (primary N) is 2. The zero-order valence-electron chi connectivity index (χ0n) is 5.76. The van der Waals surface area contributed by atoms with Gasteiger partial charge in [0, 0.05) is 6.42 Å². The van der Waals surface area contributed by atoms with Crippen LogP contribution in [0.4, 0.5) is 8.78 Å². The van der Waals surface area contributed by atoms with Crippen LogP contribution in [0, 0.1) is 0 Å². The second-order valence-corrected chi connectivity index (χ2v) is 2.27. The van der Waals surface area contributed by atoms with Gasteiger partial charge in [-0.05, 0) is 0 Å². The predicted octanol–water partition coefficient (Wildman–Crippen LogP) is -1.18. The molecule has 0 spiro atoms. The molecule has 0 bridgehead atoms. The summed E-state index contributed by atoms with van der Waals surface area (Å²) in [5, 5.41) is 8.45. The number of alkyl halides is 2. The van der Waals surface area contributed by atoms with E-state index in [-0.39, 0.29) is 0 Å². The zero-order chi connectivity index (χ0) is 9.07. The summed E-state index contributed by atoms with van der Waals surface area (Å²) in [7, 11) is 0. The standard InChI is InChI=1S/C5H10F2N2O2/c6-3(7)1-5(9,2-10)4(8)11/h3,10H,1-2,9H2,(H2,8,11). The summed E-state index contributed by atoms with van der Waals surface area (Å²) >= 11 is 0. The number of carbonyl (C=O) groups is 1. The fraction of sp³-hybridized carbons (Fsp3) is 0.800. The predicted molar refractivity (Wildman–Crippen MR) is 33.8 cm³/mol. The van der Waals surface area contributed by atoms with Crippen LogP contribution >= 0.6 is 0 Å². The van der Waals surface area contributed by atoms with E-state index in [2.05, 4.69) is 5.73 Å². The summed E-state index contributed by atoms with van der Waals surface area (Å²) in [4.78, 5) is 10.4. The summed E-state index contributed by atoms with van der Waals surface area (Å²) < 4.78 is 23.4. The summed E-state index contributed by atoms with van der Waals surface area (Å²) in [6.07, 6.45) is -3.67. The van der Waals surface area contributed by atoms with Crippen LogP contribution in [0.3, 0.4) is 0 Å². The molecule has 1 unspecified atom stereocenters. The molecule has 0 aromatic carbocycles. The molecule has 1 atom stereocenters. The number of rotatable bonds is 4. The Bertz CT molecular complexity index is 153. The molecular weight excluding hydrogens is 158 g/mol. The first kappa shape index (κ1) is 10.2. The van der Waals surface area contributed by atoms with Gasteiger partial charge in [0.05, 0.1) is 6.61 Å². The van der Waals surface area contributed by atoms with Crippen molar-refractivity contribution in [1.82, 2.24) is 0 Å². The quantitative estimate of drug-likeness (QED) is 0.493. The van der Waals surface area contributed by atoms with Crippen LogP contribution < -0.4 is 11.5 Å². The van der Waals surface area contributed by atoms with Crippen LogP contribution in [0.15, 0.2) is 0 Å². The zero-order valence-corrected chi connectivity index (χ0v) is 5.76. The number of primary amides is 1. The van der Waals surface area contributed by atoms with Crippen molar-refractivity contribution in [3.8, 4) is 0 Å². The van der Waals surface area contributed by atoms with Gasteiger partial charge in [0.1, 0.15) is 5.54 Å². The molecule has 66 valence electrons. The molecule has 0 rings (SSSR count). The highest BCUT2D eigenvalue weighted by Crippen LogP contribution is 2.11. The molecule has 5 N–H and O–H groups in total. The molecule has 0 fully saturated rings. The Kier molecular flexibility index (Phi) is 3.34. The molecule has 6 heteroatoms. The molecule has 0 aliphatic carbocycles. The monoisotopic (exact) mass is 168 g/mol. The molecule has 0 aliphatic rings. The number of hydrogen-bond donors (Lipinski definition) is 3. The van der Waals surface area contributed by atoms with Gasteiger partial charge in [0.15, 0.2) is 0 Å². The molecule has 0 aromatic heterocycles. The number of carbonyl (C=O) groups excluding carboxylic acids is 1. The Labute approximate surface area is 62.2 Å². The van der Waals surface area contributed by atoms with Gasteiger partial charge in [0.2, 0.25) is 12.3 Å². The lowest BCUT2D eigenvalue weighted by molar-refractivity contribution is -0.126. The Balaban J connectivity index is 4.22. The largest absolute Gasteiger partial charge is 0.394 e. The van der Waals surface area contributed by atoms with Crippen LogP contribution in [-0.4, -0.2) is 29.6 Å². The first-order valence-electron chi connectivity index (χ1n) is 2.90. The maximum absolute atomic E-state index is 11.7. The first-order chi connectivity index (χ1) is 4.92. The lowest BCUT2D eigenvalue weighted by atomic mass is 9.97. The highest BCUT2D eigenvalue weighted by atomic mass is 19.3. The van der Waals surface area contributed by atoms with Crippen LogP contribution in [0.5, 0.6) is 0 Å². The molecule has 0 saturated carbocycles. The third kappa shape index (κ3) is 2.77. The molecule has 4 nitrogen and oxygen atoms in total. The Morgan fingerprint density at radius 1 is 1.64 bits per heavy atom. The van der Waals surface area contributed by atoms with E-state index < -0.39 is 30.9 Å². The van der Waals surface area contributed by atoms with E-state index in [1.807, 2.05) is 0 Å². The van der Waals surface area contributed by atoms with Crippen molar-refractivity contribution >= 4 is 5.91 Å². The molecule has 0 heterocycles. The Morgan fingerprint density at radius 2 is 2.09 bits per heavy atom. The van der Waals surface area contributed by atoms with Crippen molar-refractivity contribution in [2.45, 2.75) is 18.4 Å². The number of hydrogen-bond acceptors (Lipinski definition) is 3. The number of aliphatic hydroxyl groups excluding tert-OH is 1. The van der Waals surface area contributed by atoms with Crippen molar-refractivity contribution in [3.05, 3.63) is 0 Å². The van der Waals surface area contributed by atoms with Gasteiger partial charge in [-0.2, -0.15) is 0 Å². The first-order valence-corrected chi connectivity index (χ1v) is 2.90. The van der Waals surface area contributed by atoms with E-state index in [4.69, 9.17) is 10.8 Å². The number of aliphatic hydroxyl groups is 1. The lowest BCUT2D eigenvalue weighted by Crippen LogP contribution is -2.56. The van der Waals surface area contributed by atoms with Gasteiger partial charge in [0.25, 0.3) is 0 Å². The topological polar surface area (TPSA) is 89.3 Å². The van der Waals surface area contributed by atoms with E-state index in [0.29, 0.717) is 0 Å². The van der Waals surface area contributed by atoms with E-state index in [0.717, 1.165) is 0 Å². The van der Waals surface area contributed by atoms with Gasteiger partial charge in [-0.25, -0.2) is 8.78 Å². The molecule has 0 aliphatic heterocycles. The Hall–Kier alpha value is -0.750. The fourth-order valence-electron chi connectivity index (χ4n) is 0.518. The SMILES string of the molecule is NC(=O)C(N)(CO)CC(F)F. The van der Waals surface area contributed by atoms with Crippen molar-refractivity contribution in [3.63, 3.8) is 0 Å². The number of halogens is 2. The van der Waals surface area contributed by atoms with Crippen LogP contribution in [0.2, 0.25) is 0 Å². The minimum atomic E-state index is -2.75. The Morgan fingerprint density at radius 3 is 2.18 bits per heavy atom. The van der Waals surface area contributed by atoms with E-state index >= 15 is 0 Å². The normalized spacial score (nSPS) is 16.5. The van der Waals surface area contributed by atoms with Crippen LogP contribution in [0.1, 0.15) is 6.42 Å². The minimum absolute atomic E-state index is 0.868. The van der Waals surface area contributed by atoms with Crippen molar-refractivity contribution in [2.75, 3.05) is 6.61 Å². The molecule has 0 radical (unpaired) electrons. The van der Waals surface area contributed by atoms with Crippen molar-refractivity contribution in [2.24, 2.45) is 11.5 Å². The molecule has 0 saturated heterocycles. The second kappa shape index (κ2) is 3.59. The average Bonchev–Trinajstić information content (AvgIpc) is 1.86. The molecule has 1 amide bonds. The highest BCUT2D eigenvalue weighted by molar-refractivity contribution is 5.84. The summed E-state index contributed by atoms with van der Waals surface area (Å²) in [5.74, 6) is -1.12. The van der Waals surface area contributed by atoms with Gasteiger partial charge in [-0.1, -0.05) is 0 Å². The van der Waals surface area contributed by atoms with Gasteiger partial charge < -0.3 is 16.6 Å². The van der Waals surface area contributed by atoms with E-state index in [1.54, 1.807) is 0 Å². The minimum Gasteiger partial charge on any atom is -0.394 e. The average molecular weight is 168 g/mol. The number of amides is 1. The van der Waals surface area contributed by atoms with Gasteiger partial charge in [-0.3, -0.25) is 4.79 Å². The second-order valence-electron chi connectivity index (χ2n) is 2.27. The fourth-order valence-corrected chi connectivity index (χ4v) is 0.518. The summed E-state index contributed by atoms with van der Waals surface area (Å²) in [6.45, 7) is -0.868. The lowest BCUT2D eigenvalue weighted by Gasteiger charge is -2.22. The maximum Gasteiger partial charge on any atom is 0.241 e. The maximum atomic E-state index is 11.7. The van der Waals surface area contributed by atoms with Gasteiger partial charge in [-0.15, -0.1) is 0 Å². The van der Waals surface area contributed by atoms with E-state index in [9.17, 15) is 13.6 Å². The van der Waals surface area contributed by atoms with Crippen molar-refractivity contribution < 1.29 is 18.7 Å². The third-order valence-corrected chi connectivity index (χ3v) is 1.29. The van der Waals surface area contributed by atoms with Crippen LogP contribution in [0.25, 0.3) is 0 Å². The summed E-state index contributed by atoms with van der Waals surface area (Å²) in [5.41, 5.74) is 7.72. The van der Waals surface area contributed by atoms with E-state index in [1.165, 1.54) is 0 Å². The third-order valence-electron chi connectivity index (χ3n) is 1.29. The molecular formula is C5H10F2N2O2. The molecule has 11 heavy (non-hydrogen) atoms. The van der Waals surface area contributed by atoms with Crippen LogP contribution in [-0.2, 0) is 4.79 Å². The van der Waals surface area contributed by atoms with Crippen molar-refractivity contribution in [1.29, 1.82) is 0 Å². The summed E-state index contributed by atoms with van der Waals surface area (Å²) in [6, 6.07) is 0. The smallest absolute Gasteiger partial charge is 0.241 e. The van der Waals surface area contributed by atoms with Gasteiger partial charge >= 0.3 is 0 Å².